The minimum Gasteiger partial charge on any atom is -0.481 e. The topological polar surface area (TPSA) is 57.6 Å². The second-order valence-electron chi connectivity index (χ2n) is 6.48. The minimum atomic E-state index is -0.783. The molecule has 1 N–H and O–H groups in total. The Kier molecular flexibility index (Phi) is 2.53. The van der Waals surface area contributed by atoms with E-state index in [1.807, 2.05) is 0 Å². The lowest BCUT2D eigenvalue weighted by molar-refractivity contribution is -0.141. The molecule has 0 aromatic heterocycles. The molecular formula is C13H21NO3. The molecule has 1 atom stereocenters. The molecular weight excluding hydrogens is 218 g/mol. The van der Waals surface area contributed by atoms with Gasteiger partial charge in [0.2, 0.25) is 5.91 Å². The standard InChI is InChI=1S/C13H21NO3/c1-12(2)9(13(12,3)4)10(15)14-6-5-8(7-14)11(16)17/h8-9H,5-7H2,1-4H3,(H,16,17). The van der Waals surface area contributed by atoms with Gasteiger partial charge in [-0.3, -0.25) is 9.59 Å². The molecule has 1 heterocycles. The van der Waals surface area contributed by atoms with Gasteiger partial charge in [-0.2, -0.15) is 0 Å². The van der Waals surface area contributed by atoms with E-state index >= 15 is 0 Å². The van der Waals surface area contributed by atoms with Crippen LogP contribution < -0.4 is 0 Å². The first-order valence-electron chi connectivity index (χ1n) is 6.21. The smallest absolute Gasteiger partial charge is 0.308 e. The largest absolute Gasteiger partial charge is 0.481 e. The van der Waals surface area contributed by atoms with Gasteiger partial charge in [-0.1, -0.05) is 27.7 Å². The molecule has 2 rings (SSSR count). The summed E-state index contributed by atoms with van der Waals surface area (Å²) in [6, 6.07) is 0. The number of rotatable bonds is 2. The molecule has 2 fully saturated rings. The number of aliphatic carboxylic acids is 1. The van der Waals surface area contributed by atoms with Gasteiger partial charge in [-0.05, 0) is 17.3 Å². The second-order valence-corrected chi connectivity index (χ2v) is 6.48. The molecule has 1 aliphatic heterocycles. The maximum Gasteiger partial charge on any atom is 0.308 e. The number of hydrogen-bond acceptors (Lipinski definition) is 2. The maximum absolute atomic E-state index is 12.3. The van der Waals surface area contributed by atoms with Crippen LogP contribution in [0.3, 0.4) is 0 Å². The van der Waals surface area contributed by atoms with Crippen LogP contribution in [0.2, 0.25) is 0 Å². The van der Waals surface area contributed by atoms with E-state index in [0.717, 1.165) is 0 Å². The first-order chi connectivity index (χ1) is 7.69. The van der Waals surface area contributed by atoms with Crippen LogP contribution in [0.25, 0.3) is 0 Å². The molecule has 1 unspecified atom stereocenters. The van der Waals surface area contributed by atoms with Crippen LogP contribution in [-0.4, -0.2) is 35.0 Å². The van der Waals surface area contributed by atoms with Gasteiger partial charge in [0.15, 0.2) is 0 Å². The van der Waals surface area contributed by atoms with E-state index < -0.39 is 5.97 Å². The van der Waals surface area contributed by atoms with Gasteiger partial charge in [0.25, 0.3) is 0 Å². The molecule has 1 saturated heterocycles. The van der Waals surface area contributed by atoms with Gasteiger partial charge in [0.1, 0.15) is 0 Å². The first-order valence-corrected chi connectivity index (χ1v) is 6.21. The molecule has 1 aliphatic carbocycles. The van der Waals surface area contributed by atoms with Crippen LogP contribution in [0.15, 0.2) is 0 Å². The lowest BCUT2D eigenvalue weighted by Crippen LogP contribution is -2.32. The minimum absolute atomic E-state index is 0.0331. The highest BCUT2D eigenvalue weighted by atomic mass is 16.4. The molecule has 4 nitrogen and oxygen atoms in total. The quantitative estimate of drug-likeness (QED) is 0.796. The zero-order valence-electron chi connectivity index (χ0n) is 11.0. The monoisotopic (exact) mass is 239 g/mol. The van der Waals surface area contributed by atoms with Crippen molar-refractivity contribution >= 4 is 11.9 Å². The summed E-state index contributed by atoms with van der Waals surface area (Å²) >= 11 is 0. The SMILES string of the molecule is CC1(C)C(C(=O)N2CCC(C(=O)O)C2)C1(C)C. The van der Waals surface area contributed by atoms with Crippen molar-refractivity contribution in [3.05, 3.63) is 0 Å². The fourth-order valence-corrected chi connectivity index (χ4v) is 3.16. The Balaban J connectivity index is 2.03. The normalized spacial score (nSPS) is 30.4. The number of likely N-dealkylation sites (tertiary alicyclic amines) is 1. The predicted octanol–water partition coefficient (Wildman–Crippen LogP) is 1.60. The van der Waals surface area contributed by atoms with Crippen LogP contribution in [0.5, 0.6) is 0 Å². The van der Waals surface area contributed by atoms with Gasteiger partial charge >= 0.3 is 5.97 Å². The van der Waals surface area contributed by atoms with Crippen molar-refractivity contribution in [3.8, 4) is 0 Å². The number of carbonyl (C=O) groups excluding carboxylic acids is 1. The lowest BCUT2D eigenvalue weighted by atomic mass is 10.0. The Morgan fingerprint density at radius 2 is 1.71 bits per heavy atom. The summed E-state index contributed by atoms with van der Waals surface area (Å²) in [6.07, 6.45) is 0.592. The van der Waals surface area contributed by atoms with Crippen molar-refractivity contribution < 1.29 is 14.7 Å². The number of carboxylic acid groups (broad SMARTS) is 1. The summed E-state index contributed by atoms with van der Waals surface area (Å²) in [6.45, 7) is 9.43. The summed E-state index contributed by atoms with van der Waals surface area (Å²) in [4.78, 5) is 24.9. The van der Waals surface area contributed by atoms with Crippen LogP contribution >= 0.6 is 0 Å². The van der Waals surface area contributed by atoms with Crippen molar-refractivity contribution in [2.45, 2.75) is 34.1 Å². The third-order valence-corrected chi connectivity index (χ3v) is 5.12. The molecule has 0 radical (unpaired) electrons. The highest BCUT2D eigenvalue weighted by molar-refractivity contribution is 5.85. The molecule has 96 valence electrons. The van der Waals surface area contributed by atoms with E-state index in [-0.39, 0.29) is 28.6 Å². The van der Waals surface area contributed by atoms with Crippen LogP contribution in [0.4, 0.5) is 0 Å². The average molecular weight is 239 g/mol. The molecule has 2 aliphatic rings. The van der Waals surface area contributed by atoms with E-state index in [0.29, 0.717) is 19.5 Å². The number of amides is 1. The zero-order chi connectivity index (χ0) is 13.0. The van der Waals surface area contributed by atoms with Gasteiger partial charge < -0.3 is 10.0 Å². The van der Waals surface area contributed by atoms with Crippen LogP contribution in [0.1, 0.15) is 34.1 Å². The molecule has 1 amide bonds. The maximum atomic E-state index is 12.3. The lowest BCUT2D eigenvalue weighted by Gasteiger charge is -2.17. The van der Waals surface area contributed by atoms with E-state index in [1.165, 1.54) is 0 Å². The Morgan fingerprint density at radius 1 is 1.18 bits per heavy atom. The Morgan fingerprint density at radius 3 is 2.06 bits per heavy atom. The number of carbonyl (C=O) groups is 2. The van der Waals surface area contributed by atoms with Crippen molar-refractivity contribution in [2.24, 2.45) is 22.7 Å². The molecule has 0 bridgehead atoms. The molecule has 0 aromatic carbocycles. The van der Waals surface area contributed by atoms with E-state index in [9.17, 15) is 9.59 Å². The molecule has 1 saturated carbocycles. The van der Waals surface area contributed by atoms with Crippen molar-refractivity contribution in [3.63, 3.8) is 0 Å². The number of hydrogen-bond donors (Lipinski definition) is 1. The summed E-state index contributed by atoms with van der Waals surface area (Å²) in [5.41, 5.74) is 0.0663. The molecule has 0 aromatic rings. The Labute approximate surface area is 102 Å². The van der Waals surface area contributed by atoms with Crippen LogP contribution in [-0.2, 0) is 9.59 Å². The number of nitrogens with zero attached hydrogens (tertiary/aromatic N) is 1. The third kappa shape index (κ3) is 1.65. The second kappa shape index (κ2) is 3.47. The zero-order valence-corrected chi connectivity index (χ0v) is 11.0. The van der Waals surface area contributed by atoms with Gasteiger partial charge in [-0.15, -0.1) is 0 Å². The highest BCUT2D eigenvalue weighted by Gasteiger charge is 2.69. The van der Waals surface area contributed by atoms with Crippen molar-refractivity contribution in [1.82, 2.24) is 4.90 Å². The highest BCUT2D eigenvalue weighted by Crippen LogP contribution is 2.68. The van der Waals surface area contributed by atoms with E-state index in [1.54, 1.807) is 4.90 Å². The fourth-order valence-electron chi connectivity index (χ4n) is 3.16. The van der Waals surface area contributed by atoms with Gasteiger partial charge in [0.05, 0.1) is 5.92 Å². The van der Waals surface area contributed by atoms with Crippen molar-refractivity contribution in [1.29, 1.82) is 0 Å². The molecule has 0 spiro atoms. The van der Waals surface area contributed by atoms with Crippen molar-refractivity contribution in [2.75, 3.05) is 13.1 Å². The first kappa shape index (κ1) is 12.4. The van der Waals surface area contributed by atoms with E-state index in [4.69, 9.17) is 5.11 Å². The van der Waals surface area contributed by atoms with Gasteiger partial charge in [0, 0.05) is 19.0 Å². The summed E-state index contributed by atoms with van der Waals surface area (Å²) < 4.78 is 0. The fraction of sp³-hybridized carbons (Fsp3) is 0.846. The van der Waals surface area contributed by atoms with Gasteiger partial charge in [-0.25, -0.2) is 0 Å². The molecule has 4 heteroatoms. The average Bonchev–Trinajstić information content (AvgIpc) is 2.57. The Hall–Kier alpha value is -1.06. The Bertz CT molecular complexity index is 359. The predicted molar refractivity (Wildman–Crippen MR) is 63.4 cm³/mol. The number of carboxylic acids is 1. The third-order valence-electron chi connectivity index (χ3n) is 5.12. The molecule has 17 heavy (non-hydrogen) atoms. The summed E-state index contributed by atoms with van der Waals surface area (Å²) in [5, 5.41) is 8.93. The van der Waals surface area contributed by atoms with E-state index in [2.05, 4.69) is 27.7 Å². The van der Waals surface area contributed by atoms with Crippen LogP contribution in [0, 0.1) is 22.7 Å². The summed E-state index contributed by atoms with van der Waals surface area (Å²) in [5.74, 6) is -0.968. The summed E-state index contributed by atoms with van der Waals surface area (Å²) in [7, 11) is 0.